The van der Waals surface area contributed by atoms with Gasteiger partial charge in [0.1, 0.15) is 0 Å². The van der Waals surface area contributed by atoms with E-state index in [-0.39, 0.29) is 5.41 Å². The van der Waals surface area contributed by atoms with Crippen molar-refractivity contribution in [3.63, 3.8) is 0 Å². The van der Waals surface area contributed by atoms with Crippen molar-refractivity contribution in [2.24, 2.45) is 11.3 Å². The first-order chi connectivity index (χ1) is 9.00. The molecule has 3 heteroatoms. The lowest BCUT2D eigenvalue weighted by Gasteiger charge is -2.52. The van der Waals surface area contributed by atoms with Crippen LogP contribution in [0.3, 0.4) is 0 Å². The van der Waals surface area contributed by atoms with Crippen molar-refractivity contribution in [3.8, 4) is 0 Å². The molecule has 0 spiro atoms. The zero-order chi connectivity index (χ0) is 13.9. The summed E-state index contributed by atoms with van der Waals surface area (Å²) in [5.41, 5.74) is 0.268. The van der Waals surface area contributed by atoms with Crippen molar-refractivity contribution in [2.45, 2.75) is 52.7 Å². The second-order valence-electron chi connectivity index (χ2n) is 6.61. The molecular formula is C16H27NOS. The monoisotopic (exact) mass is 281 g/mol. The van der Waals surface area contributed by atoms with E-state index >= 15 is 0 Å². The van der Waals surface area contributed by atoms with Gasteiger partial charge >= 0.3 is 0 Å². The van der Waals surface area contributed by atoms with Crippen LogP contribution in [0.4, 0.5) is 0 Å². The van der Waals surface area contributed by atoms with Gasteiger partial charge in [-0.3, -0.25) is 0 Å². The first-order valence-corrected chi connectivity index (χ1v) is 8.25. The molecule has 0 aromatic carbocycles. The molecule has 1 aromatic heterocycles. The molecule has 19 heavy (non-hydrogen) atoms. The third kappa shape index (κ3) is 3.80. The first-order valence-electron chi connectivity index (χ1n) is 7.37. The summed E-state index contributed by atoms with van der Waals surface area (Å²) in [7, 11) is 0. The summed E-state index contributed by atoms with van der Waals surface area (Å²) in [6.45, 7) is 11.0. The molecule has 2 unspecified atom stereocenters. The van der Waals surface area contributed by atoms with E-state index in [2.05, 4.69) is 50.5 Å². The molecule has 0 bridgehead atoms. The molecule has 2 rings (SSSR count). The number of rotatable bonds is 7. The summed E-state index contributed by atoms with van der Waals surface area (Å²) < 4.78 is 6.00. The van der Waals surface area contributed by atoms with Gasteiger partial charge in [-0.05, 0) is 30.2 Å². The van der Waals surface area contributed by atoms with Gasteiger partial charge in [-0.25, -0.2) is 0 Å². The molecule has 108 valence electrons. The molecule has 2 atom stereocenters. The Kier molecular flexibility index (Phi) is 5.04. The standard InChI is InChI=1S/C16H27NOS/c1-12(2)11-18-15-10-14(16(15,3)4)17-8-7-13-6-5-9-19-13/h5-6,9,12,14-15,17H,7-8,10-11H2,1-4H3. The summed E-state index contributed by atoms with van der Waals surface area (Å²) in [6.07, 6.45) is 2.72. The zero-order valence-corrected chi connectivity index (χ0v) is 13.4. The second kappa shape index (κ2) is 6.38. The molecule has 1 N–H and O–H groups in total. The Labute approximate surface area is 121 Å². The van der Waals surface area contributed by atoms with Gasteiger partial charge in [0.15, 0.2) is 0 Å². The van der Waals surface area contributed by atoms with E-state index in [4.69, 9.17) is 4.74 Å². The number of nitrogens with one attached hydrogen (secondary N) is 1. The molecule has 1 heterocycles. The molecule has 0 aliphatic heterocycles. The minimum atomic E-state index is 0.268. The smallest absolute Gasteiger partial charge is 0.0656 e. The Morgan fingerprint density at radius 1 is 1.47 bits per heavy atom. The predicted molar refractivity (Wildman–Crippen MR) is 82.8 cm³/mol. The van der Waals surface area contributed by atoms with Crippen LogP contribution in [0.25, 0.3) is 0 Å². The molecule has 2 nitrogen and oxygen atoms in total. The average molecular weight is 281 g/mol. The Hall–Kier alpha value is -0.380. The van der Waals surface area contributed by atoms with E-state index in [9.17, 15) is 0 Å². The van der Waals surface area contributed by atoms with Gasteiger partial charge < -0.3 is 10.1 Å². The largest absolute Gasteiger partial charge is 0.377 e. The third-order valence-corrected chi connectivity index (χ3v) is 5.09. The van der Waals surface area contributed by atoms with E-state index < -0.39 is 0 Å². The molecule has 0 radical (unpaired) electrons. The van der Waals surface area contributed by atoms with Crippen molar-refractivity contribution in [1.29, 1.82) is 0 Å². The van der Waals surface area contributed by atoms with Crippen molar-refractivity contribution < 1.29 is 4.74 Å². The number of ether oxygens (including phenoxy) is 1. The van der Waals surface area contributed by atoms with Crippen LogP contribution in [0.1, 0.15) is 39.0 Å². The van der Waals surface area contributed by atoms with Gasteiger partial charge in [0.25, 0.3) is 0 Å². The number of hydrogen-bond donors (Lipinski definition) is 1. The van der Waals surface area contributed by atoms with E-state index in [1.165, 1.54) is 4.88 Å². The number of hydrogen-bond acceptors (Lipinski definition) is 3. The van der Waals surface area contributed by atoms with E-state index in [1.54, 1.807) is 0 Å². The van der Waals surface area contributed by atoms with E-state index in [1.807, 2.05) is 11.3 Å². The maximum absolute atomic E-state index is 6.00. The Morgan fingerprint density at radius 3 is 2.84 bits per heavy atom. The molecular weight excluding hydrogens is 254 g/mol. The van der Waals surface area contributed by atoms with Gasteiger partial charge in [0.2, 0.25) is 0 Å². The second-order valence-corrected chi connectivity index (χ2v) is 7.64. The third-order valence-electron chi connectivity index (χ3n) is 4.15. The molecule has 0 amide bonds. The summed E-state index contributed by atoms with van der Waals surface area (Å²) in [6, 6.07) is 4.94. The maximum atomic E-state index is 6.00. The van der Waals surface area contributed by atoms with Crippen LogP contribution in [0.5, 0.6) is 0 Å². The fourth-order valence-electron chi connectivity index (χ4n) is 2.65. The lowest BCUT2D eigenvalue weighted by atomic mass is 9.64. The summed E-state index contributed by atoms with van der Waals surface area (Å²) >= 11 is 1.85. The van der Waals surface area contributed by atoms with Crippen LogP contribution in [0, 0.1) is 11.3 Å². The van der Waals surface area contributed by atoms with Crippen molar-refractivity contribution >= 4 is 11.3 Å². The van der Waals surface area contributed by atoms with Gasteiger partial charge in [0.05, 0.1) is 6.10 Å². The van der Waals surface area contributed by atoms with Crippen LogP contribution >= 0.6 is 11.3 Å². The van der Waals surface area contributed by atoms with Gasteiger partial charge in [-0.15, -0.1) is 11.3 Å². The fourth-order valence-corrected chi connectivity index (χ4v) is 3.36. The lowest BCUT2D eigenvalue weighted by Crippen LogP contribution is -2.61. The zero-order valence-electron chi connectivity index (χ0n) is 12.6. The van der Waals surface area contributed by atoms with E-state index in [0.717, 1.165) is 26.0 Å². The Bertz CT molecular complexity index is 372. The molecule has 1 aliphatic carbocycles. The normalized spacial score (nSPS) is 25.5. The van der Waals surface area contributed by atoms with Crippen LogP contribution in [0.2, 0.25) is 0 Å². The van der Waals surface area contributed by atoms with Crippen molar-refractivity contribution in [3.05, 3.63) is 22.4 Å². The summed E-state index contributed by atoms with van der Waals surface area (Å²) in [5.74, 6) is 0.627. The molecule has 1 saturated carbocycles. The van der Waals surface area contributed by atoms with Gasteiger partial charge in [0, 0.05) is 29.5 Å². The first kappa shape index (κ1) is 15.0. The SMILES string of the molecule is CC(C)COC1CC(NCCc2cccs2)C1(C)C. The fraction of sp³-hybridized carbons (Fsp3) is 0.750. The minimum absolute atomic E-state index is 0.268. The highest BCUT2D eigenvalue weighted by Crippen LogP contribution is 2.42. The highest BCUT2D eigenvalue weighted by Gasteiger charge is 2.48. The molecule has 1 aromatic rings. The summed E-state index contributed by atoms with van der Waals surface area (Å²) in [5, 5.41) is 5.84. The lowest BCUT2D eigenvalue weighted by molar-refractivity contribution is -0.123. The van der Waals surface area contributed by atoms with Crippen LogP contribution < -0.4 is 5.32 Å². The predicted octanol–water partition coefficient (Wildman–Crippen LogP) is 3.72. The maximum Gasteiger partial charge on any atom is 0.0656 e. The van der Waals surface area contributed by atoms with Crippen LogP contribution in [0.15, 0.2) is 17.5 Å². The van der Waals surface area contributed by atoms with Gasteiger partial charge in [-0.2, -0.15) is 0 Å². The topological polar surface area (TPSA) is 21.3 Å². The van der Waals surface area contributed by atoms with E-state index in [0.29, 0.717) is 18.1 Å². The number of thiophene rings is 1. The average Bonchev–Trinajstić information content (AvgIpc) is 2.84. The quantitative estimate of drug-likeness (QED) is 0.822. The highest BCUT2D eigenvalue weighted by atomic mass is 32.1. The molecule has 0 saturated heterocycles. The highest BCUT2D eigenvalue weighted by molar-refractivity contribution is 7.09. The van der Waals surface area contributed by atoms with Crippen molar-refractivity contribution in [1.82, 2.24) is 5.32 Å². The molecule has 1 aliphatic rings. The van der Waals surface area contributed by atoms with Gasteiger partial charge in [-0.1, -0.05) is 33.8 Å². The Morgan fingerprint density at radius 2 is 2.26 bits per heavy atom. The Balaban J connectivity index is 1.69. The van der Waals surface area contributed by atoms with Crippen LogP contribution in [-0.2, 0) is 11.2 Å². The summed E-state index contributed by atoms with van der Waals surface area (Å²) in [4.78, 5) is 1.47. The van der Waals surface area contributed by atoms with Crippen LogP contribution in [-0.4, -0.2) is 25.3 Å². The molecule has 1 fully saturated rings. The minimum Gasteiger partial charge on any atom is -0.377 e. The van der Waals surface area contributed by atoms with Crippen molar-refractivity contribution in [2.75, 3.05) is 13.2 Å².